The van der Waals surface area contributed by atoms with Gasteiger partial charge in [-0.1, -0.05) is 0 Å². The molecule has 2 saturated heterocycles. The molecule has 1 aromatic rings. The van der Waals surface area contributed by atoms with Crippen molar-refractivity contribution in [3.8, 4) is 0 Å². The van der Waals surface area contributed by atoms with Crippen molar-refractivity contribution in [1.82, 2.24) is 4.90 Å². The van der Waals surface area contributed by atoms with Gasteiger partial charge in [0.05, 0.1) is 23.8 Å². The number of rotatable bonds is 2. The molecular formula is C14H17NO5. The molecule has 1 N–H and O–H groups in total. The van der Waals surface area contributed by atoms with E-state index in [1.807, 2.05) is 0 Å². The highest BCUT2D eigenvalue weighted by atomic mass is 16.5. The molecule has 0 aromatic carbocycles. The Labute approximate surface area is 116 Å². The van der Waals surface area contributed by atoms with Gasteiger partial charge in [-0.05, 0) is 19.4 Å². The Hall–Kier alpha value is -1.82. The molecule has 2 atom stereocenters. The zero-order valence-electron chi connectivity index (χ0n) is 11.3. The SMILES string of the molecule is Cc1occc1C(=O)N1C[C@H]2COCC[C@@]2(C(=O)O)C1. The molecule has 6 heteroatoms. The van der Waals surface area contributed by atoms with Crippen LogP contribution in [0, 0.1) is 18.3 Å². The second kappa shape index (κ2) is 4.63. The van der Waals surface area contributed by atoms with Crippen LogP contribution in [-0.2, 0) is 9.53 Å². The molecule has 1 aromatic heterocycles. The number of carbonyl (C=O) groups excluding carboxylic acids is 1. The summed E-state index contributed by atoms with van der Waals surface area (Å²) in [5.74, 6) is -0.563. The first-order chi connectivity index (χ1) is 9.54. The van der Waals surface area contributed by atoms with E-state index in [0.717, 1.165) is 0 Å². The lowest BCUT2D eigenvalue weighted by Crippen LogP contribution is -2.45. The normalized spacial score (nSPS) is 29.2. The first-order valence-electron chi connectivity index (χ1n) is 6.69. The van der Waals surface area contributed by atoms with Crippen molar-refractivity contribution in [2.75, 3.05) is 26.3 Å². The lowest BCUT2D eigenvalue weighted by Gasteiger charge is -2.33. The predicted octanol–water partition coefficient (Wildman–Crippen LogP) is 1.15. The number of hydrogen-bond donors (Lipinski definition) is 1. The number of furan rings is 1. The summed E-state index contributed by atoms with van der Waals surface area (Å²) in [6, 6.07) is 1.63. The van der Waals surface area contributed by atoms with Gasteiger partial charge < -0.3 is 19.2 Å². The summed E-state index contributed by atoms with van der Waals surface area (Å²) in [5, 5.41) is 9.57. The van der Waals surface area contributed by atoms with Gasteiger partial charge in [-0.2, -0.15) is 0 Å². The molecule has 6 nitrogen and oxygen atoms in total. The topological polar surface area (TPSA) is 80.0 Å². The van der Waals surface area contributed by atoms with Crippen molar-refractivity contribution >= 4 is 11.9 Å². The van der Waals surface area contributed by atoms with Crippen LogP contribution < -0.4 is 0 Å². The van der Waals surface area contributed by atoms with Gasteiger partial charge in [0.25, 0.3) is 5.91 Å². The molecule has 0 unspecified atom stereocenters. The second-order valence-electron chi connectivity index (χ2n) is 5.56. The van der Waals surface area contributed by atoms with Gasteiger partial charge in [-0.25, -0.2) is 0 Å². The molecule has 3 rings (SSSR count). The Morgan fingerprint density at radius 2 is 2.30 bits per heavy atom. The lowest BCUT2D eigenvalue weighted by molar-refractivity contribution is -0.157. The third kappa shape index (κ3) is 1.83. The molecule has 0 bridgehead atoms. The van der Waals surface area contributed by atoms with Crippen LogP contribution in [0.15, 0.2) is 16.7 Å². The fourth-order valence-corrected chi connectivity index (χ4v) is 3.23. The number of aryl methyl sites for hydroxylation is 1. The minimum absolute atomic E-state index is 0.134. The van der Waals surface area contributed by atoms with Gasteiger partial charge in [0, 0.05) is 25.6 Å². The number of carboxylic acid groups (broad SMARTS) is 1. The van der Waals surface area contributed by atoms with Crippen molar-refractivity contribution in [2.45, 2.75) is 13.3 Å². The summed E-state index contributed by atoms with van der Waals surface area (Å²) in [7, 11) is 0. The maximum atomic E-state index is 12.5. The second-order valence-corrected chi connectivity index (χ2v) is 5.56. The average molecular weight is 279 g/mol. The summed E-state index contributed by atoms with van der Waals surface area (Å²) in [4.78, 5) is 25.8. The fraction of sp³-hybridized carbons (Fsp3) is 0.571. The van der Waals surface area contributed by atoms with Crippen LogP contribution in [0.25, 0.3) is 0 Å². The quantitative estimate of drug-likeness (QED) is 0.878. The molecule has 0 saturated carbocycles. The smallest absolute Gasteiger partial charge is 0.311 e. The summed E-state index contributed by atoms with van der Waals surface area (Å²) < 4.78 is 10.5. The van der Waals surface area contributed by atoms with Crippen LogP contribution in [-0.4, -0.2) is 48.2 Å². The van der Waals surface area contributed by atoms with Crippen LogP contribution >= 0.6 is 0 Å². The van der Waals surface area contributed by atoms with Gasteiger partial charge in [-0.15, -0.1) is 0 Å². The number of nitrogens with zero attached hydrogens (tertiary/aromatic N) is 1. The molecule has 0 spiro atoms. The van der Waals surface area contributed by atoms with E-state index in [1.165, 1.54) is 6.26 Å². The van der Waals surface area contributed by atoms with Gasteiger partial charge in [0.15, 0.2) is 0 Å². The van der Waals surface area contributed by atoms with Crippen LogP contribution in [0.1, 0.15) is 22.5 Å². The van der Waals surface area contributed by atoms with Gasteiger partial charge in [0.1, 0.15) is 5.76 Å². The number of aliphatic carboxylic acids is 1. The number of hydrogen-bond acceptors (Lipinski definition) is 4. The van der Waals surface area contributed by atoms with Crippen LogP contribution in [0.5, 0.6) is 0 Å². The summed E-state index contributed by atoms with van der Waals surface area (Å²) in [6.07, 6.45) is 1.93. The Kier molecular flexibility index (Phi) is 3.05. The van der Waals surface area contributed by atoms with Crippen molar-refractivity contribution in [2.24, 2.45) is 11.3 Å². The molecule has 2 aliphatic rings. The molecular weight excluding hydrogens is 262 g/mol. The largest absolute Gasteiger partial charge is 0.481 e. The Morgan fingerprint density at radius 3 is 2.90 bits per heavy atom. The first kappa shape index (κ1) is 13.2. The zero-order chi connectivity index (χ0) is 14.3. The van der Waals surface area contributed by atoms with Crippen molar-refractivity contribution in [3.05, 3.63) is 23.7 Å². The van der Waals surface area contributed by atoms with Crippen molar-refractivity contribution in [1.29, 1.82) is 0 Å². The van der Waals surface area contributed by atoms with E-state index in [9.17, 15) is 14.7 Å². The van der Waals surface area contributed by atoms with Crippen molar-refractivity contribution < 1.29 is 23.8 Å². The molecule has 1 amide bonds. The minimum Gasteiger partial charge on any atom is -0.481 e. The maximum absolute atomic E-state index is 12.5. The third-order valence-corrected chi connectivity index (χ3v) is 4.51. The van der Waals surface area contributed by atoms with E-state index >= 15 is 0 Å². The highest BCUT2D eigenvalue weighted by Crippen LogP contribution is 2.42. The Balaban J connectivity index is 1.86. The number of amides is 1. The van der Waals surface area contributed by atoms with Gasteiger partial charge in [-0.3, -0.25) is 9.59 Å². The van der Waals surface area contributed by atoms with Gasteiger partial charge >= 0.3 is 5.97 Å². The first-order valence-corrected chi connectivity index (χ1v) is 6.69. The minimum atomic E-state index is -0.856. The molecule has 0 aliphatic carbocycles. The van der Waals surface area contributed by atoms with E-state index in [1.54, 1.807) is 17.9 Å². The van der Waals surface area contributed by atoms with E-state index in [-0.39, 0.29) is 18.4 Å². The van der Waals surface area contributed by atoms with Gasteiger partial charge in [0.2, 0.25) is 0 Å². The van der Waals surface area contributed by atoms with E-state index in [4.69, 9.17) is 9.15 Å². The fourth-order valence-electron chi connectivity index (χ4n) is 3.23. The van der Waals surface area contributed by atoms with E-state index < -0.39 is 11.4 Å². The molecule has 2 aliphatic heterocycles. The summed E-state index contributed by atoms with van der Waals surface area (Å²) >= 11 is 0. The number of carboxylic acids is 1. The number of carbonyl (C=O) groups is 2. The molecule has 108 valence electrons. The zero-order valence-corrected chi connectivity index (χ0v) is 11.3. The molecule has 0 radical (unpaired) electrons. The summed E-state index contributed by atoms with van der Waals surface area (Å²) in [5.41, 5.74) is -0.351. The van der Waals surface area contributed by atoms with Crippen molar-refractivity contribution in [3.63, 3.8) is 0 Å². The maximum Gasteiger partial charge on any atom is 0.311 e. The number of fused-ring (bicyclic) bond motifs is 1. The molecule has 2 fully saturated rings. The highest BCUT2D eigenvalue weighted by molar-refractivity contribution is 5.96. The van der Waals surface area contributed by atoms with E-state index in [0.29, 0.717) is 37.5 Å². The average Bonchev–Trinajstić information content (AvgIpc) is 3.01. The van der Waals surface area contributed by atoms with Crippen LogP contribution in [0.3, 0.4) is 0 Å². The standard InChI is InChI=1S/C14H17NO5/c1-9-11(2-4-20-9)12(16)15-6-10-7-19-5-3-14(10,8-15)13(17)18/h2,4,10H,3,5-8H2,1H3,(H,17,18)/t10-,14+/m0/s1. The van der Waals surface area contributed by atoms with Crippen LogP contribution in [0.4, 0.5) is 0 Å². The van der Waals surface area contributed by atoms with E-state index in [2.05, 4.69) is 0 Å². The summed E-state index contributed by atoms with van der Waals surface area (Å²) in [6.45, 7) is 3.25. The van der Waals surface area contributed by atoms with Crippen LogP contribution in [0.2, 0.25) is 0 Å². The number of likely N-dealkylation sites (tertiary alicyclic amines) is 1. The molecule has 20 heavy (non-hydrogen) atoms. The Morgan fingerprint density at radius 1 is 1.50 bits per heavy atom. The lowest BCUT2D eigenvalue weighted by atomic mass is 9.74. The Bertz CT molecular complexity index is 552. The molecule has 3 heterocycles. The highest BCUT2D eigenvalue weighted by Gasteiger charge is 2.55. The number of ether oxygens (including phenoxy) is 1. The third-order valence-electron chi connectivity index (χ3n) is 4.51. The predicted molar refractivity (Wildman–Crippen MR) is 68.3 cm³/mol. The monoisotopic (exact) mass is 279 g/mol.